The van der Waals surface area contributed by atoms with Gasteiger partial charge in [0, 0.05) is 28.6 Å². The van der Waals surface area contributed by atoms with Gasteiger partial charge in [-0.15, -0.1) is 0 Å². The van der Waals surface area contributed by atoms with Crippen molar-refractivity contribution >= 4 is 0 Å². The summed E-state index contributed by atoms with van der Waals surface area (Å²) in [5.41, 5.74) is 3.76. The lowest BCUT2D eigenvalue weighted by molar-refractivity contribution is 0.158. The number of hydrogen-bond acceptors (Lipinski definition) is 3. The first-order valence-corrected chi connectivity index (χ1v) is 8.06. The van der Waals surface area contributed by atoms with Crippen LogP contribution in [0.4, 0.5) is 0 Å². The highest BCUT2D eigenvalue weighted by Gasteiger charge is 2.32. The van der Waals surface area contributed by atoms with Crippen molar-refractivity contribution in [1.29, 1.82) is 0 Å². The molecule has 1 aromatic heterocycles. The zero-order valence-electron chi connectivity index (χ0n) is 14.4. The molecular formula is C18H30N2O. The van der Waals surface area contributed by atoms with Crippen LogP contribution in [0.2, 0.25) is 0 Å². The lowest BCUT2D eigenvalue weighted by atomic mass is 9.70. The Bertz CT molecular complexity index is 491. The van der Waals surface area contributed by atoms with E-state index < -0.39 is 0 Å². The van der Waals surface area contributed by atoms with Gasteiger partial charge >= 0.3 is 0 Å². The third kappa shape index (κ3) is 3.97. The van der Waals surface area contributed by atoms with Crippen molar-refractivity contribution < 1.29 is 4.74 Å². The minimum absolute atomic E-state index is 0.210. The van der Waals surface area contributed by atoms with Gasteiger partial charge in [0.15, 0.2) is 0 Å². The maximum Gasteiger partial charge on any atom is 0.128 e. The fourth-order valence-electron chi connectivity index (χ4n) is 3.14. The number of aryl methyl sites for hydroxylation is 1. The van der Waals surface area contributed by atoms with Crippen molar-refractivity contribution in [2.45, 2.75) is 59.4 Å². The summed E-state index contributed by atoms with van der Waals surface area (Å²) in [5, 5.41) is 3.64. The van der Waals surface area contributed by atoms with Crippen molar-refractivity contribution in [2.75, 3.05) is 13.7 Å². The zero-order chi connectivity index (χ0) is 15.6. The highest BCUT2D eigenvalue weighted by atomic mass is 16.5. The van der Waals surface area contributed by atoms with Gasteiger partial charge in [0.1, 0.15) is 5.75 Å². The molecule has 2 atom stereocenters. The molecule has 0 aromatic carbocycles. The first-order valence-electron chi connectivity index (χ1n) is 8.06. The zero-order valence-corrected chi connectivity index (χ0v) is 14.4. The lowest BCUT2D eigenvalue weighted by Gasteiger charge is -2.39. The SMILES string of the molecule is COc1c(C)cnc(CC2CCC2CNC(C)(C)C)c1C. The molecular weight excluding hydrogens is 260 g/mol. The summed E-state index contributed by atoms with van der Waals surface area (Å²) in [7, 11) is 1.75. The molecule has 0 bridgehead atoms. The normalized spacial score (nSPS) is 22.0. The maximum atomic E-state index is 5.52. The molecule has 3 heteroatoms. The number of nitrogens with zero attached hydrogens (tertiary/aromatic N) is 1. The molecule has 0 spiro atoms. The first-order chi connectivity index (χ1) is 9.81. The number of aromatic nitrogens is 1. The van der Waals surface area contributed by atoms with E-state index in [1.54, 1.807) is 7.11 Å². The molecule has 0 amide bonds. The highest BCUT2D eigenvalue weighted by Crippen LogP contribution is 2.37. The summed E-state index contributed by atoms with van der Waals surface area (Å²) < 4.78 is 5.52. The van der Waals surface area contributed by atoms with Gasteiger partial charge in [-0.3, -0.25) is 4.98 Å². The summed E-state index contributed by atoms with van der Waals surface area (Å²) in [6, 6.07) is 0. The average molecular weight is 290 g/mol. The number of hydrogen-bond donors (Lipinski definition) is 1. The van der Waals surface area contributed by atoms with E-state index in [9.17, 15) is 0 Å². The maximum absolute atomic E-state index is 5.52. The van der Waals surface area contributed by atoms with Gasteiger partial charge in [0.25, 0.3) is 0 Å². The van der Waals surface area contributed by atoms with Crippen LogP contribution in [-0.4, -0.2) is 24.2 Å². The summed E-state index contributed by atoms with van der Waals surface area (Å²) in [6.45, 7) is 12.0. The predicted molar refractivity (Wildman–Crippen MR) is 87.9 cm³/mol. The van der Waals surface area contributed by atoms with Gasteiger partial charge in [-0.25, -0.2) is 0 Å². The molecule has 1 aliphatic rings. The topological polar surface area (TPSA) is 34.1 Å². The van der Waals surface area contributed by atoms with Crippen LogP contribution in [0.15, 0.2) is 6.20 Å². The molecule has 0 radical (unpaired) electrons. The standard InChI is InChI=1S/C18H30N2O/c1-12-10-19-16(13(2)17(12)21-6)9-14-7-8-15(14)11-20-18(3,4)5/h10,14-15,20H,7-9,11H2,1-6H3. The Hall–Kier alpha value is -1.09. The van der Waals surface area contributed by atoms with E-state index >= 15 is 0 Å². The minimum atomic E-state index is 0.210. The van der Waals surface area contributed by atoms with E-state index in [2.05, 4.69) is 44.9 Å². The number of rotatable bonds is 5. The number of methoxy groups -OCH3 is 1. The van der Waals surface area contributed by atoms with Gasteiger partial charge in [0.05, 0.1) is 7.11 Å². The first kappa shape index (κ1) is 16.3. The summed E-state index contributed by atoms with van der Waals surface area (Å²) >= 11 is 0. The second-order valence-corrected chi connectivity index (χ2v) is 7.48. The predicted octanol–water partition coefficient (Wildman–Crippen LogP) is 3.66. The van der Waals surface area contributed by atoms with Crippen LogP contribution in [0, 0.1) is 25.7 Å². The Morgan fingerprint density at radius 1 is 1.24 bits per heavy atom. The largest absolute Gasteiger partial charge is 0.496 e. The second-order valence-electron chi connectivity index (χ2n) is 7.48. The van der Waals surface area contributed by atoms with Crippen molar-refractivity contribution in [3.63, 3.8) is 0 Å². The van der Waals surface area contributed by atoms with Crippen LogP contribution in [0.5, 0.6) is 5.75 Å². The average Bonchev–Trinajstić information content (AvgIpc) is 2.36. The smallest absolute Gasteiger partial charge is 0.128 e. The molecule has 21 heavy (non-hydrogen) atoms. The Morgan fingerprint density at radius 2 is 1.90 bits per heavy atom. The molecule has 1 aromatic rings. The van der Waals surface area contributed by atoms with Gasteiger partial charge in [-0.05, 0) is 72.3 Å². The lowest BCUT2D eigenvalue weighted by Crippen LogP contribution is -2.44. The van der Waals surface area contributed by atoms with Crippen LogP contribution in [0.3, 0.4) is 0 Å². The van der Waals surface area contributed by atoms with Gasteiger partial charge < -0.3 is 10.1 Å². The summed E-state index contributed by atoms with van der Waals surface area (Å²) in [5.74, 6) is 2.56. The van der Waals surface area contributed by atoms with E-state index in [4.69, 9.17) is 4.74 Å². The van der Waals surface area contributed by atoms with Gasteiger partial charge in [-0.1, -0.05) is 0 Å². The molecule has 1 heterocycles. The monoisotopic (exact) mass is 290 g/mol. The third-order valence-corrected chi connectivity index (χ3v) is 4.67. The van der Waals surface area contributed by atoms with Crippen molar-refractivity contribution in [3.8, 4) is 5.75 Å². The van der Waals surface area contributed by atoms with Crippen molar-refractivity contribution in [1.82, 2.24) is 10.3 Å². The summed E-state index contributed by atoms with van der Waals surface area (Å²) in [6.07, 6.45) is 5.70. The third-order valence-electron chi connectivity index (χ3n) is 4.67. The molecule has 3 nitrogen and oxygen atoms in total. The molecule has 1 saturated carbocycles. The van der Waals surface area contributed by atoms with Crippen LogP contribution in [0.1, 0.15) is 50.4 Å². The van der Waals surface area contributed by atoms with E-state index in [0.29, 0.717) is 0 Å². The highest BCUT2D eigenvalue weighted by molar-refractivity contribution is 5.41. The quantitative estimate of drug-likeness (QED) is 0.898. The van der Waals surface area contributed by atoms with Crippen molar-refractivity contribution in [3.05, 3.63) is 23.0 Å². The molecule has 1 N–H and O–H groups in total. The minimum Gasteiger partial charge on any atom is -0.496 e. The van der Waals surface area contributed by atoms with E-state index in [-0.39, 0.29) is 5.54 Å². The molecule has 1 fully saturated rings. The molecule has 118 valence electrons. The molecule has 2 unspecified atom stereocenters. The molecule has 1 aliphatic carbocycles. The fraction of sp³-hybridized carbons (Fsp3) is 0.722. The Kier molecular flexibility index (Phi) is 4.92. The number of nitrogens with one attached hydrogen (secondary N) is 1. The van der Waals surface area contributed by atoms with Crippen LogP contribution >= 0.6 is 0 Å². The fourth-order valence-corrected chi connectivity index (χ4v) is 3.14. The van der Waals surface area contributed by atoms with Gasteiger partial charge in [0.2, 0.25) is 0 Å². The number of ether oxygens (including phenoxy) is 1. The molecule has 2 rings (SSSR count). The van der Waals surface area contributed by atoms with E-state index in [1.807, 2.05) is 6.20 Å². The Labute approximate surface area is 129 Å². The Balaban J connectivity index is 1.99. The second kappa shape index (κ2) is 6.35. The van der Waals surface area contributed by atoms with E-state index in [1.165, 1.54) is 24.1 Å². The van der Waals surface area contributed by atoms with E-state index in [0.717, 1.165) is 36.1 Å². The summed E-state index contributed by atoms with van der Waals surface area (Å²) in [4.78, 5) is 4.65. The van der Waals surface area contributed by atoms with Crippen LogP contribution in [-0.2, 0) is 6.42 Å². The van der Waals surface area contributed by atoms with Crippen LogP contribution < -0.4 is 10.1 Å². The molecule has 0 saturated heterocycles. The molecule has 0 aliphatic heterocycles. The number of pyridine rings is 1. The van der Waals surface area contributed by atoms with Crippen molar-refractivity contribution in [2.24, 2.45) is 11.8 Å². The van der Waals surface area contributed by atoms with Gasteiger partial charge in [-0.2, -0.15) is 0 Å². The van der Waals surface area contributed by atoms with Crippen LogP contribution in [0.25, 0.3) is 0 Å². The Morgan fingerprint density at radius 3 is 2.43 bits per heavy atom.